The minimum Gasteiger partial charge on any atom is -0.497 e. The lowest BCUT2D eigenvalue weighted by Gasteiger charge is -2.28. The summed E-state index contributed by atoms with van der Waals surface area (Å²) in [4.78, 5) is 21.4. The third kappa shape index (κ3) is 2.82. The van der Waals surface area contributed by atoms with Crippen molar-refractivity contribution in [2.75, 3.05) is 17.7 Å². The number of anilines is 2. The zero-order chi connectivity index (χ0) is 18.1. The largest absolute Gasteiger partial charge is 0.497 e. The summed E-state index contributed by atoms with van der Waals surface area (Å²) in [5, 5.41) is 12.7. The second-order valence-corrected chi connectivity index (χ2v) is 6.56. The van der Waals surface area contributed by atoms with Crippen molar-refractivity contribution in [3.05, 3.63) is 59.0 Å². The van der Waals surface area contributed by atoms with E-state index in [2.05, 4.69) is 25.7 Å². The second-order valence-electron chi connectivity index (χ2n) is 5.66. The van der Waals surface area contributed by atoms with E-state index in [1.807, 2.05) is 36.6 Å². The van der Waals surface area contributed by atoms with Crippen LogP contribution in [-0.2, 0) is 4.79 Å². The van der Waals surface area contributed by atoms with Gasteiger partial charge in [-0.2, -0.15) is 10.1 Å². The molecule has 0 bridgehead atoms. The molecule has 2 N–H and O–H groups in total. The van der Waals surface area contributed by atoms with Gasteiger partial charge in [-0.25, -0.2) is 9.67 Å². The highest BCUT2D eigenvalue weighted by Gasteiger charge is 2.33. The summed E-state index contributed by atoms with van der Waals surface area (Å²) >= 11 is 1.37. The molecule has 1 aliphatic heterocycles. The second kappa shape index (κ2) is 6.60. The standard InChI is InChI=1S/C17H16N6O2S/c1-10-13(15(24)22-17-18-6-7-26-17)14(23-16(21-10)19-9-20-23)11-4-3-5-12(8-11)25-2/h3-9,14H,1-2H3,(H,18,22,24)(H,19,20,21). The van der Waals surface area contributed by atoms with Crippen LogP contribution < -0.4 is 15.4 Å². The lowest BCUT2D eigenvalue weighted by Crippen LogP contribution is -2.31. The Morgan fingerprint density at radius 1 is 1.38 bits per heavy atom. The molecule has 1 aliphatic rings. The molecule has 0 spiro atoms. The van der Waals surface area contributed by atoms with Crippen LogP contribution in [0.25, 0.3) is 0 Å². The van der Waals surface area contributed by atoms with E-state index >= 15 is 0 Å². The molecule has 1 amide bonds. The van der Waals surface area contributed by atoms with Crippen molar-refractivity contribution < 1.29 is 9.53 Å². The van der Waals surface area contributed by atoms with Crippen molar-refractivity contribution in [2.45, 2.75) is 13.0 Å². The maximum atomic E-state index is 13.0. The Labute approximate surface area is 153 Å². The van der Waals surface area contributed by atoms with Gasteiger partial charge in [0.15, 0.2) is 5.13 Å². The Morgan fingerprint density at radius 3 is 3.04 bits per heavy atom. The van der Waals surface area contributed by atoms with E-state index in [0.717, 1.165) is 5.56 Å². The molecule has 3 heterocycles. The van der Waals surface area contributed by atoms with E-state index in [9.17, 15) is 4.79 Å². The summed E-state index contributed by atoms with van der Waals surface area (Å²) in [5.41, 5.74) is 2.14. The third-order valence-electron chi connectivity index (χ3n) is 4.10. The SMILES string of the molecule is COc1cccc(C2C(C(=O)Nc3nccs3)=C(C)Nc3ncnn32)c1. The summed E-state index contributed by atoms with van der Waals surface area (Å²) in [7, 11) is 1.61. The molecule has 1 aromatic carbocycles. The van der Waals surface area contributed by atoms with Gasteiger partial charge in [0.2, 0.25) is 5.95 Å². The molecule has 3 aromatic rings. The average Bonchev–Trinajstić information content (AvgIpc) is 3.32. The Balaban J connectivity index is 1.79. The van der Waals surface area contributed by atoms with Gasteiger partial charge >= 0.3 is 0 Å². The van der Waals surface area contributed by atoms with Gasteiger partial charge in [-0.1, -0.05) is 12.1 Å². The van der Waals surface area contributed by atoms with Gasteiger partial charge in [-0.05, 0) is 24.6 Å². The molecule has 132 valence electrons. The van der Waals surface area contributed by atoms with E-state index in [-0.39, 0.29) is 5.91 Å². The van der Waals surface area contributed by atoms with E-state index in [1.165, 1.54) is 17.7 Å². The number of hydrogen-bond donors (Lipinski definition) is 2. The highest BCUT2D eigenvalue weighted by molar-refractivity contribution is 7.13. The van der Waals surface area contributed by atoms with Gasteiger partial charge in [-0.15, -0.1) is 11.3 Å². The van der Waals surface area contributed by atoms with Crippen molar-refractivity contribution in [3.63, 3.8) is 0 Å². The number of thiazole rings is 1. The lowest BCUT2D eigenvalue weighted by atomic mass is 9.95. The van der Waals surface area contributed by atoms with Gasteiger partial charge in [-0.3, -0.25) is 10.1 Å². The maximum absolute atomic E-state index is 13.0. The van der Waals surface area contributed by atoms with Crippen LogP contribution in [0.15, 0.2) is 53.4 Å². The van der Waals surface area contributed by atoms with Crippen LogP contribution in [0.1, 0.15) is 18.5 Å². The van der Waals surface area contributed by atoms with Crippen molar-refractivity contribution in [1.82, 2.24) is 19.7 Å². The molecule has 9 heteroatoms. The molecule has 0 saturated heterocycles. The summed E-state index contributed by atoms with van der Waals surface area (Å²) in [6.07, 6.45) is 3.11. The number of ether oxygens (including phenoxy) is 1. The van der Waals surface area contributed by atoms with Crippen molar-refractivity contribution in [2.24, 2.45) is 0 Å². The first-order valence-corrected chi connectivity index (χ1v) is 8.77. The van der Waals surface area contributed by atoms with Crippen LogP contribution in [0.3, 0.4) is 0 Å². The number of carbonyl (C=O) groups is 1. The van der Waals surface area contributed by atoms with Crippen LogP contribution in [0.2, 0.25) is 0 Å². The molecule has 2 aromatic heterocycles. The molecule has 8 nitrogen and oxygen atoms in total. The van der Waals surface area contributed by atoms with Crippen molar-refractivity contribution in [3.8, 4) is 5.75 Å². The first-order valence-electron chi connectivity index (χ1n) is 7.89. The number of aromatic nitrogens is 4. The molecular formula is C17H16N6O2S. The summed E-state index contributed by atoms with van der Waals surface area (Å²) < 4.78 is 7.03. The molecule has 0 saturated carbocycles. The fraction of sp³-hybridized carbons (Fsp3) is 0.176. The molecule has 0 aliphatic carbocycles. The van der Waals surface area contributed by atoms with Gasteiger partial charge in [0, 0.05) is 17.3 Å². The van der Waals surface area contributed by atoms with Gasteiger partial charge in [0.1, 0.15) is 18.1 Å². The smallest absolute Gasteiger partial charge is 0.257 e. The topological polar surface area (TPSA) is 94.0 Å². The fourth-order valence-electron chi connectivity index (χ4n) is 2.95. The van der Waals surface area contributed by atoms with Crippen LogP contribution in [0, 0.1) is 0 Å². The van der Waals surface area contributed by atoms with Gasteiger partial charge in [0.05, 0.1) is 12.7 Å². The minimum atomic E-state index is -0.427. The molecule has 1 atom stereocenters. The summed E-state index contributed by atoms with van der Waals surface area (Å²) in [6, 6.07) is 7.15. The van der Waals surface area contributed by atoms with E-state index in [1.54, 1.807) is 18.0 Å². The highest BCUT2D eigenvalue weighted by atomic mass is 32.1. The highest BCUT2D eigenvalue weighted by Crippen LogP contribution is 2.36. The van der Waals surface area contributed by atoms with E-state index < -0.39 is 6.04 Å². The molecular weight excluding hydrogens is 352 g/mol. The van der Waals surface area contributed by atoms with Gasteiger partial charge in [0.25, 0.3) is 5.91 Å². The monoisotopic (exact) mass is 368 g/mol. The van der Waals surface area contributed by atoms with Crippen LogP contribution >= 0.6 is 11.3 Å². The number of fused-ring (bicyclic) bond motifs is 1. The summed E-state index contributed by atoms with van der Waals surface area (Å²) in [6.45, 7) is 1.85. The number of rotatable bonds is 4. The molecule has 0 radical (unpaired) electrons. The predicted molar refractivity (Wildman–Crippen MR) is 98.2 cm³/mol. The van der Waals surface area contributed by atoms with Crippen molar-refractivity contribution in [1.29, 1.82) is 0 Å². The minimum absolute atomic E-state index is 0.237. The number of nitrogens with one attached hydrogen (secondary N) is 2. The average molecular weight is 368 g/mol. The zero-order valence-electron chi connectivity index (χ0n) is 14.1. The summed E-state index contributed by atoms with van der Waals surface area (Å²) in [5.74, 6) is 1.06. The lowest BCUT2D eigenvalue weighted by molar-refractivity contribution is -0.113. The number of carbonyl (C=O) groups excluding carboxylic acids is 1. The Bertz CT molecular complexity index is 979. The predicted octanol–water partition coefficient (Wildman–Crippen LogP) is 2.67. The molecule has 0 fully saturated rings. The van der Waals surface area contributed by atoms with Gasteiger partial charge < -0.3 is 10.1 Å². The third-order valence-corrected chi connectivity index (χ3v) is 4.79. The van der Waals surface area contributed by atoms with Crippen LogP contribution in [0.5, 0.6) is 5.75 Å². The quantitative estimate of drug-likeness (QED) is 0.735. The molecule has 4 rings (SSSR count). The Kier molecular flexibility index (Phi) is 4.13. The Hall–Kier alpha value is -3.20. The first kappa shape index (κ1) is 16.3. The fourth-order valence-corrected chi connectivity index (χ4v) is 3.48. The van der Waals surface area contributed by atoms with E-state index in [4.69, 9.17) is 4.74 Å². The number of benzene rings is 1. The number of hydrogen-bond acceptors (Lipinski definition) is 7. The Morgan fingerprint density at radius 2 is 2.27 bits per heavy atom. The maximum Gasteiger partial charge on any atom is 0.257 e. The normalized spacial score (nSPS) is 16.0. The first-order chi connectivity index (χ1) is 12.7. The number of methoxy groups -OCH3 is 1. The molecule has 1 unspecified atom stereocenters. The van der Waals surface area contributed by atoms with Crippen LogP contribution in [0.4, 0.5) is 11.1 Å². The number of allylic oxidation sites excluding steroid dienone is 1. The van der Waals surface area contributed by atoms with Crippen molar-refractivity contribution >= 4 is 28.3 Å². The van der Waals surface area contributed by atoms with Crippen LogP contribution in [-0.4, -0.2) is 32.8 Å². The molecule has 26 heavy (non-hydrogen) atoms. The zero-order valence-corrected chi connectivity index (χ0v) is 14.9. The number of amides is 1. The van der Waals surface area contributed by atoms with E-state index in [0.29, 0.717) is 28.1 Å². The number of nitrogens with zero attached hydrogens (tertiary/aromatic N) is 4.